The summed E-state index contributed by atoms with van der Waals surface area (Å²) in [5, 5.41) is 9.96. The van der Waals surface area contributed by atoms with Gasteiger partial charge in [0.05, 0.1) is 11.4 Å². The Hall–Kier alpha value is -7.94. The quantitative estimate of drug-likeness (QED) is 0.158. The van der Waals surface area contributed by atoms with Crippen LogP contribution in [0.1, 0.15) is 22.3 Å². The molecule has 2 aliphatic carbocycles. The lowest BCUT2D eigenvalue weighted by molar-refractivity contribution is 0.876. The van der Waals surface area contributed by atoms with Crippen LogP contribution in [0.15, 0.2) is 218 Å². The fourth-order valence-electron chi connectivity index (χ4n) is 10.9. The third-order valence-corrected chi connectivity index (χ3v) is 13.9. The largest absolute Gasteiger partial charge is 0.310 e. The van der Waals surface area contributed by atoms with E-state index in [1.165, 1.54) is 110 Å². The predicted octanol–water partition coefficient (Wildman–Crippen LogP) is 16.8. The van der Waals surface area contributed by atoms with Gasteiger partial charge in [-0.25, -0.2) is 0 Å². The van der Waals surface area contributed by atoms with E-state index in [9.17, 15) is 0 Å². The molecule has 0 aromatic heterocycles. The summed E-state index contributed by atoms with van der Waals surface area (Å²) in [5.74, 6) is 0. The first-order valence-corrected chi connectivity index (χ1v) is 22.7. The number of hydrogen-bond donors (Lipinski definition) is 0. The van der Waals surface area contributed by atoms with Gasteiger partial charge in [-0.1, -0.05) is 158 Å². The monoisotopic (exact) mass is 816 g/mol. The molecule has 0 fully saturated rings. The van der Waals surface area contributed by atoms with E-state index in [0.29, 0.717) is 0 Å². The Balaban J connectivity index is 0.887. The van der Waals surface area contributed by atoms with Gasteiger partial charge >= 0.3 is 0 Å². The highest BCUT2D eigenvalue weighted by molar-refractivity contribution is 6.02. The molecule has 0 N–H and O–H groups in total. The van der Waals surface area contributed by atoms with Gasteiger partial charge in [0.15, 0.2) is 0 Å². The Morgan fingerprint density at radius 2 is 0.641 bits per heavy atom. The molecule has 0 spiro atoms. The van der Waals surface area contributed by atoms with Gasteiger partial charge in [0.25, 0.3) is 0 Å². The second-order valence-electron chi connectivity index (χ2n) is 17.6. The van der Waals surface area contributed by atoms with Gasteiger partial charge in [0.2, 0.25) is 0 Å². The molecule has 64 heavy (non-hydrogen) atoms. The van der Waals surface area contributed by atoms with Crippen LogP contribution in [0.2, 0.25) is 0 Å². The average Bonchev–Trinajstić information content (AvgIpc) is 3.36. The van der Waals surface area contributed by atoms with Crippen LogP contribution < -0.4 is 9.80 Å². The lowest BCUT2D eigenvalue weighted by Gasteiger charge is -2.33. The van der Waals surface area contributed by atoms with Crippen molar-refractivity contribution < 1.29 is 0 Å². The summed E-state index contributed by atoms with van der Waals surface area (Å²) >= 11 is 0. The van der Waals surface area contributed by atoms with E-state index >= 15 is 0 Å². The average molecular weight is 817 g/mol. The lowest BCUT2D eigenvalue weighted by atomic mass is 9.74. The zero-order valence-electron chi connectivity index (χ0n) is 35.5. The Bertz CT molecular complexity index is 3580. The summed E-state index contributed by atoms with van der Waals surface area (Å²) in [5.41, 5.74) is 18.5. The van der Waals surface area contributed by atoms with E-state index < -0.39 is 0 Å². The molecule has 302 valence electrons. The van der Waals surface area contributed by atoms with Crippen LogP contribution in [0.3, 0.4) is 0 Å². The van der Waals surface area contributed by atoms with E-state index in [4.69, 9.17) is 0 Å². The SMILES string of the molecule is c1ccc2cc(N(c3ccc(-c4cc5c6c(c4)CCc4cc(N(c7ccc8ccccc8c7)c7cccc8ccccc78)cc(c4-6)CC5)cc3)c3cccc4ccccc34)ccc2c1. The van der Waals surface area contributed by atoms with Crippen molar-refractivity contribution in [1.29, 1.82) is 0 Å². The molecule has 0 radical (unpaired) electrons. The normalized spacial score (nSPS) is 12.8. The van der Waals surface area contributed by atoms with Gasteiger partial charge < -0.3 is 9.80 Å². The standard InChI is InChI=1S/C62H44N2/c1-3-15-46-37-54(33-29-41(46)11-1)63(59-21-9-17-44-13-5-7-19-57(44)59)53-31-27-43(28-32-53)52-35-48-23-25-50-39-56(40-51-26-24-49(36-52)61(48)62(50)51)64(55-34-30-42-12-2-4-16-47(42)38-55)60-22-10-18-45-14-6-8-20-58(45)60/h1-22,27-40H,23-26H2. The second-order valence-corrected chi connectivity index (χ2v) is 17.6. The Kier molecular flexibility index (Phi) is 8.52. The van der Waals surface area contributed by atoms with Gasteiger partial charge in [-0.3, -0.25) is 0 Å². The number of aryl methyl sites for hydroxylation is 4. The number of nitrogens with zero attached hydrogens (tertiary/aromatic N) is 2. The summed E-state index contributed by atoms with van der Waals surface area (Å²) in [6.07, 6.45) is 4.12. The lowest BCUT2D eigenvalue weighted by Crippen LogP contribution is -2.17. The van der Waals surface area contributed by atoms with Crippen LogP contribution in [0.25, 0.3) is 65.3 Å². The molecule has 0 atom stereocenters. The zero-order valence-corrected chi connectivity index (χ0v) is 35.5. The summed E-state index contributed by atoms with van der Waals surface area (Å²) in [4.78, 5) is 4.92. The van der Waals surface area contributed by atoms with Crippen LogP contribution in [0, 0.1) is 0 Å². The van der Waals surface area contributed by atoms with Gasteiger partial charge in [0.1, 0.15) is 0 Å². The van der Waals surface area contributed by atoms with Crippen molar-refractivity contribution in [3.63, 3.8) is 0 Å². The van der Waals surface area contributed by atoms with Crippen molar-refractivity contribution in [2.45, 2.75) is 25.7 Å². The molecule has 2 nitrogen and oxygen atoms in total. The first-order valence-electron chi connectivity index (χ1n) is 22.7. The predicted molar refractivity (Wildman–Crippen MR) is 272 cm³/mol. The fraction of sp³-hybridized carbons (Fsp3) is 0.0645. The number of anilines is 6. The van der Waals surface area contributed by atoms with Crippen LogP contribution in [-0.4, -0.2) is 0 Å². The number of rotatable bonds is 7. The number of fused-ring (bicyclic) bond motifs is 4. The van der Waals surface area contributed by atoms with Crippen molar-refractivity contribution in [1.82, 2.24) is 0 Å². The molecule has 0 bridgehead atoms. The topological polar surface area (TPSA) is 6.48 Å². The van der Waals surface area contributed by atoms with Crippen molar-refractivity contribution >= 4 is 77.2 Å². The molecular formula is C62H44N2. The van der Waals surface area contributed by atoms with Gasteiger partial charge in [0, 0.05) is 33.5 Å². The van der Waals surface area contributed by atoms with Gasteiger partial charge in [-0.05, 0) is 163 Å². The Labute approximate surface area is 373 Å². The minimum absolute atomic E-state index is 1.03. The number of hydrogen-bond acceptors (Lipinski definition) is 2. The van der Waals surface area contributed by atoms with E-state index in [1.54, 1.807) is 0 Å². The van der Waals surface area contributed by atoms with E-state index in [2.05, 4.69) is 228 Å². The maximum absolute atomic E-state index is 2.50. The first kappa shape index (κ1) is 36.7. The highest BCUT2D eigenvalue weighted by atomic mass is 15.1. The summed E-state index contributed by atoms with van der Waals surface area (Å²) < 4.78 is 0. The molecule has 0 amide bonds. The summed E-state index contributed by atoms with van der Waals surface area (Å²) in [7, 11) is 0. The van der Waals surface area contributed by atoms with Gasteiger partial charge in [-0.2, -0.15) is 0 Å². The number of benzene rings is 11. The molecule has 11 aromatic carbocycles. The van der Waals surface area contributed by atoms with Crippen molar-refractivity contribution in [3.05, 3.63) is 241 Å². The van der Waals surface area contributed by atoms with Crippen molar-refractivity contribution in [3.8, 4) is 22.3 Å². The molecular weight excluding hydrogens is 773 g/mol. The maximum Gasteiger partial charge on any atom is 0.0540 e. The fourth-order valence-corrected chi connectivity index (χ4v) is 10.9. The molecule has 0 saturated carbocycles. The third-order valence-electron chi connectivity index (χ3n) is 13.9. The maximum atomic E-state index is 2.50. The van der Waals surface area contributed by atoms with Crippen LogP contribution in [0.5, 0.6) is 0 Å². The molecule has 13 rings (SSSR count). The smallest absolute Gasteiger partial charge is 0.0540 e. The first-order chi connectivity index (χ1) is 31.7. The van der Waals surface area contributed by atoms with E-state index in [0.717, 1.165) is 37.1 Å². The highest BCUT2D eigenvalue weighted by Gasteiger charge is 2.29. The second kappa shape index (κ2) is 14.9. The zero-order chi connectivity index (χ0) is 42.1. The van der Waals surface area contributed by atoms with E-state index in [1.807, 2.05) is 0 Å². The molecule has 0 saturated heterocycles. The summed E-state index contributed by atoms with van der Waals surface area (Å²) in [6, 6.07) is 81.1. The summed E-state index contributed by atoms with van der Waals surface area (Å²) in [6.45, 7) is 0. The van der Waals surface area contributed by atoms with Crippen molar-refractivity contribution in [2.75, 3.05) is 9.80 Å². The molecule has 0 aliphatic heterocycles. The Morgan fingerprint density at radius 3 is 1.14 bits per heavy atom. The van der Waals surface area contributed by atoms with Crippen LogP contribution in [-0.2, 0) is 25.7 Å². The van der Waals surface area contributed by atoms with Crippen LogP contribution >= 0.6 is 0 Å². The molecule has 2 heteroatoms. The Morgan fingerprint density at radius 1 is 0.250 bits per heavy atom. The van der Waals surface area contributed by atoms with Gasteiger partial charge in [-0.15, -0.1) is 0 Å². The van der Waals surface area contributed by atoms with Crippen molar-refractivity contribution in [2.24, 2.45) is 0 Å². The molecule has 0 unspecified atom stereocenters. The third kappa shape index (κ3) is 6.09. The minimum atomic E-state index is 1.03. The minimum Gasteiger partial charge on any atom is -0.310 e. The molecule has 11 aromatic rings. The highest BCUT2D eigenvalue weighted by Crippen LogP contribution is 2.49. The molecule has 0 heterocycles. The van der Waals surface area contributed by atoms with E-state index in [-0.39, 0.29) is 0 Å². The van der Waals surface area contributed by atoms with Crippen LogP contribution in [0.4, 0.5) is 34.1 Å². The molecule has 2 aliphatic rings.